The maximum Gasteiger partial charge on any atom is 0.201 e. The van der Waals surface area contributed by atoms with Crippen molar-refractivity contribution in [1.29, 1.82) is 0 Å². The zero-order chi connectivity index (χ0) is 25.5. The summed E-state index contributed by atoms with van der Waals surface area (Å²) in [7, 11) is -2.70. The molecule has 0 radical (unpaired) electrons. The Kier molecular flexibility index (Phi) is 5.77. The van der Waals surface area contributed by atoms with Gasteiger partial charge >= 0.3 is 0 Å². The fraction of sp³-hybridized carbons (Fsp3) is 0.208. The average Bonchev–Trinajstić information content (AvgIpc) is 3.44. The van der Waals surface area contributed by atoms with Gasteiger partial charge in [0.1, 0.15) is 17.5 Å². The fourth-order valence-corrected chi connectivity index (χ4v) is 4.88. The molecule has 13 heteroatoms. The van der Waals surface area contributed by atoms with E-state index in [1.807, 2.05) is 42.2 Å². The van der Waals surface area contributed by atoms with Crippen LogP contribution in [0.15, 0.2) is 49.2 Å². The van der Waals surface area contributed by atoms with Gasteiger partial charge in [0.15, 0.2) is 5.82 Å². The standard InChI is InChI=1S/C24H24N10O2S/c1-14-16(10-29-37(35)36)9-26-11-18(14)20-6-15-7-21(28-12-19(15)24(25)30-20)31-22-8-17-2-4-33-5-3-27-23(33)13-34(17)32-22/h3,5-9,11-12,37H,2,4,10,13H2,1H3,(H2,25,30)(H,28,31,32)(H,29,35,36). The number of rotatable bonds is 6. The van der Waals surface area contributed by atoms with Gasteiger partial charge in [0, 0.05) is 73.2 Å². The Morgan fingerprint density at radius 2 is 2.00 bits per heavy atom. The fourth-order valence-electron chi connectivity index (χ4n) is 4.58. The van der Waals surface area contributed by atoms with E-state index >= 15 is 0 Å². The molecule has 0 fully saturated rings. The minimum Gasteiger partial charge on any atom is -0.383 e. The molecule has 0 saturated carbocycles. The number of aromatic nitrogens is 7. The van der Waals surface area contributed by atoms with Crippen LogP contribution in [0.25, 0.3) is 22.0 Å². The van der Waals surface area contributed by atoms with Crippen LogP contribution < -0.4 is 15.8 Å². The molecule has 0 bridgehead atoms. The van der Waals surface area contributed by atoms with Gasteiger partial charge in [-0.05, 0) is 35.6 Å². The van der Waals surface area contributed by atoms with Crippen LogP contribution in [0.4, 0.5) is 17.5 Å². The van der Waals surface area contributed by atoms with Gasteiger partial charge in [-0.1, -0.05) is 0 Å². The molecule has 1 aliphatic rings. The van der Waals surface area contributed by atoms with Gasteiger partial charge in [-0.25, -0.2) is 28.1 Å². The largest absolute Gasteiger partial charge is 0.383 e. The highest BCUT2D eigenvalue weighted by atomic mass is 32.2. The third-order valence-corrected chi connectivity index (χ3v) is 6.98. The van der Waals surface area contributed by atoms with E-state index in [9.17, 15) is 8.42 Å². The Balaban J connectivity index is 1.31. The highest BCUT2D eigenvalue weighted by molar-refractivity contribution is 7.70. The maximum absolute atomic E-state index is 11.0. The van der Waals surface area contributed by atoms with Crippen molar-refractivity contribution in [3.8, 4) is 11.3 Å². The summed E-state index contributed by atoms with van der Waals surface area (Å²) < 4.78 is 28.5. The molecule has 0 unspecified atom stereocenters. The normalized spacial score (nSPS) is 12.9. The first kappa shape index (κ1) is 23.1. The summed E-state index contributed by atoms with van der Waals surface area (Å²) in [4.78, 5) is 17.8. The summed E-state index contributed by atoms with van der Waals surface area (Å²) in [5.74, 6) is 2.67. The summed E-state index contributed by atoms with van der Waals surface area (Å²) in [6, 6.07) is 5.87. The van der Waals surface area contributed by atoms with E-state index in [2.05, 4.69) is 34.5 Å². The number of hydrogen-bond donors (Lipinski definition) is 4. The van der Waals surface area contributed by atoms with E-state index in [-0.39, 0.29) is 6.54 Å². The number of fused-ring (bicyclic) bond motifs is 3. The summed E-state index contributed by atoms with van der Waals surface area (Å²) in [6.45, 7) is 3.55. The van der Waals surface area contributed by atoms with Crippen molar-refractivity contribution >= 4 is 39.1 Å². The molecular formula is C24H24N10O2S. The molecule has 12 nitrogen and oxygen atoms in total. The van der Waals surface area contributed by atoms with Gasteiger partial charge in [-0.3, -0.25) is 9.67 Å². The van der Waals surface area contributed by atoms with Crippen molar-refractivity contribution < 1.29 is 8.42 Å². The first-order valence-corrected chi connectivity index (χ1v) is 12.8. The SMILES string of the molecule is Cc1c(CN[SH](=O)=O)cncc1-c1cc2cc(Nc3cc4n(n3)Cc3nccn3CC4)ncc2c(N)n1. The lowest BCUT2D eigenvalue weighted by Crippen LogP contribution is -2.12. The smallest absolute Gasteiger partial charge is 0.201 e. The zero-order valence-corrected chi connectivity index (χ0v) is 20.8. The molecule has 6 heterocycles. The van der Waals surface area contributed by atoms with Gasteiger partial charge in [0.25, 0.3) is 0 Å². The van der Waals surface area contributed by atoms with Crippen LogP contribution in [-0.4, -0.2) is 42.7 Å². The minimum atomic E-state index is -2.70. The van der Waals surface area contributed by atoms with Crippen LogP contribution in [0.1, 0.15) is 22.6 Å². The van der Waals surface area contributed by atoms with Crippen molar-refractivity contribution in [2.75, 3.05) is 11.1 Å². The number of nitrogens with two attached hydrogens (primary N) is 1. The Labute approximate surface area is 213 Å². The van der Waals surface area contributed by atoms with Crippen molar-refractivity contribution in [2.24, 2.45) is 0 Å². The van der Waals surface area contributed by atoms with Crippen LogP contribution in [0.3, 0.4) is 0 Å². The topological polar surface area (TPSA) is 159 Å². The summed E-state index contributed by atoms with van der Waals surface area (Å²) in [5, 5.41) is 9.61. The van der Waals surface area contributed by atoms with E-state index in [0.717, 1.165) is 51.9 Å². The van der Waals surface area contributed by atoms with Crippen molar-refractivity contribution in [3.63, 3.8) is 0 Å². The molecule has 5 aromatic heterocycles. The maximum atomic E-state index is 11.0. The Morgan fingerprint density at radius 3 is 2.86 bits per heavy atom. The van der Waals surface area contributed by atoms with Gasteiger partial charge < -0.3 is 15.6 Å². The van der Waals surface area contributed by atoms with E-state index in [1.165, 1.54) is 0 Å². The molecule has 5 aromatic rings. The lowest BCUT2D eigenvalue weighted by atomic mass is 10.0. The number of nitrogens with one attached hydrogen (secondary N) is 2. The van der Waals surface area contributed by atoms with Crippen molar-refractivity contribution in [2.45, 2.75) is 33.0 Å². The molecular weight excluding hydrogens is 492 g/mol. The second-order valence-corrected chi connectivity index (χ2v) is 9.67. The first-order chi connectivity index (χ1) is 17.9. The zero-order valence-electron chi connectivity index (χ0n) is 19.9. The quantitative estimate of drug-likeness (QED) is 0.247. The second kappa shape index (κ2) is 9.26. The third-order valence-electron chi connectivity index (χ3n) is 6.56. The Bertz CT molecular complexity index is 1710. The molecule has 0 aliphatic carbocycles. The van der Waals surface area contributed by atoms with Crippen LogP contribution in [-0.2, 0) is 36.9 Å². The molecule has 188 valence electrons. The van der Waals surface area contributed by atoms with Crippen LogP contribution >= 0.6 is 0 Å². The molecule has 0 amide bonds. The molecule has 37 heavy (non-hydrogen) atoms. The van der Waals surface area contributed by atoms with Crippen molar-refractivity contribution in [3.05, 3.63) is 71.8 Å². The third kappa shape index (κ3) is 4.49. The van der Waals surface area contributed by atoms with E-state index in [0.29, 0.717) is 29.7 Å². The summed E-state index contributed by atoms with van der Waals surface area (Å²) in [6.07, 6.45) is 9.71. The molecule has 4 N–H and O–H groups in total. The number of anilines is 3. The predicted octanol–water partition coefficient (Wildman–Crippen LogP) is 1.94. The number of pyridine rings is 3. The number of nitrogen functional groups attached to an aromatic ring is 1. The predicted molar refractivity (Wildman–Crippen MR) is 140 cm³/mol. The van der Waals surface area contributed by atoms with Crippen LogP contribution in [0, 0.1) is 6.92 Å². The Morgan fingerprint density at radius 1 is 1.11 bits per heavy atom. The lowest BCUT2D eigenvalue weighted by Gasteiger charge is -2.12. The van der Waals surface area contributed by atoms with Crippen LogP contribution in [0.5, 0.6) is 0 Å². The number of imidazole rings is 1. The van der Waals surface area contributed by atoms with E-state index < -0.39 is 10.9 Å². The number of hydrogen-bond acceptors (Lipinski definition) is 9. The first-order valence-electron chi connectivity index (χ1n) is 11.7. The number of nitrogens with zero attached hydrogens (tertiary/aromatic N) is 7. The van der Waals surface area contributed by atoms with Crippen LogP contribution in [0.2, 0.25) is 0 Å². The second-order valence-electron chi connectivity index (χ2n) is 8.84. The Hall–Kier alpha value is -4.36. The monoisotopic (exact) mass is 516 g/mol. The summed E-state index contributed by atoms with van der Waals surface area (Å²) in [5.41, 5.74) is 10.5. The lowest BCUT2D eigenvalue weighted by molar-refractivity contribution is 0.601. The van der Waals surface area contributed by atoms with Gasteiger partial charge in [0.05, 0.1) is 12.2 Å². The average molecular weight is 517 g/mol. The van der Waals surface area contributed by atoms with Gasteiger partial charge in [0.2, 0.25) is 10.9 Å². The highest BCUT2D eigenvalue weighted by Gasteiger charge is 2.17. The number of aryl methyl sites for hydroxylation is 2. The van der Waals surface area contributed by atoms with E-state index in [4.69, 9.17) is 10.8 Å². The molecule has 1 aliphatic heterocycles. The molecule has 0 spiro atoms. The molecule has 6 rings (SSSR count). The van der Waals surface area contributed by atoms with Gasteiger partial charge in [-0.15, -0.1) is 0 Å². The highest BCUT2D eigenvalue weighted by Crippen LogP contribution is 2.30. The number of thiol groups is 1. The summed E-state index contributed by atoms with van der Waals surface area (Å²) >= 11 is 0. The molecule has 0 atom stereocenters. The molecule has 0 saturated heterocycles. The molecule has 0 aromatic carbocycles. The van der Waals surface area contributed by atoms with Gasteiger partial charge in [-0.2, -0.15) is 5.10 Å². The van der Waals surface area contributed by atoms with Crippen molar-refractivity contribution in [1.82, 2.24) is 39.0 Å². The minimum absolute atomic E-state index is 0.156. The van der Waals surface area contributed by atoms with E-state index in [1.54, 1.807) is 18.6 Å².